The van der Waals surface area contributed by atoms with Gasteiger partial charge in [-0.25, -0.2) is 4.79 Å². The van der Waals surface area contributed by atoms with Gasteiger partial charge in [0.15, 0.2) is 8.32 Å². The minimum Gasteiger partial charge on any atom is -0.444 e. The van der Waals surface area contributed by atoms with Crippen LogP contribution in [0.25, 0.3) is 0 Å². The highest BCUT2D eigenvalue weighted by atomic mass is 28.4. The Bertz CT molecular complexity index is 1270. The molecule has 1 aliphatic rings. The van der Waals surface area contributed by atoms with Gasteiger partial charge in [0.1, 0.15) is 5.60 Å². The maximum Gasteiger partial charge on any atom is 0.417 e. The summed E-state index contributed by atoms with van der Waals surface area (Å²) in [7, 11) is -2.08. The van der Waals surface area contributed by atoms with E-state index in [4.69, 9.17) is 9.16 Å². The van der Waals surface area contributed by atoms with E-state index in [2.05, 4.69) is 44.2 Å². The number of benzene rings is 1. The molecule has 1 saturated heterocycles. The Labute approximate surface area is 241 Å². The summed E-state index contributed by atoms with van der Waals surface area (Å²) < 4.78 is 51.6. The molecule has 1 aromatic heterocycles. The number of alkyl halides is 3. The van der Waals surface area contributed by atoms with E-state index in [1.807, 2.05) is 33.8 Å². The number of ether oxygens (including phenoxy) is 1. The van der Waals surface area contributed by atoms with E-state index in [1.54, 1.807) is 17.0 Å². The average molecular weight is 594 g/mol. The molecule has 0 bridgehead atoms. The van der Waals surface area contributed by atoms with Gasteiger partial charge in [0.25, 0.3) is 5.91 Å². The highest BCUT2D eigenvalue weighted by molar-refractivity contribution is 6.74. The Balaban J connectivity index is 1.90. The molecule has 2 amide bonds. The number of nitrogens with zero attached hydrogens (tertiary/aromatic N) is 2. The number of halogens is 3. The van der Waals surface area contributed by atoms with Crippen molar-refractivity contribution in [3.05, 3.63) is 58.9 Å². The third-order valence-corrected chi connectivity index (χ3v) is 12.3. The molecule has 3 rings (SSSR count). The van der Waals surface area contributed by atoms with Crippen LogP contribution in [0.15, 0.2) is 36.7 Å². The van der Waals surface area contributed by atoms with E-state index in [1.165, 1.54) is 6.20 Å². The molecule has 41 heavy (non-hydrogen) atoms. The zero-order valence-corrected chi connectivity index (χ0v) is 26.4. The summed E-state index contributed by atoms with van der Waals surface area (Å²) in [5.74, 6) is -0.722. The number of aromatic nitrogens is 1. The third kappa shape index (κ3) is 8.31. The molecular formula is C30H42F3N3O4Si. The number of anilines is 1. The molecule has 2 aromatic rings. The first-order chi connectivity index (χ1) is 18.7. The number of aryl methyl sites for hydroxylation is 1. The quantitative estimate of drug-likeness (QED) is 0.348. The first kappa shape index (κ1) is 32.6. The van der Waals surface area contributed by atoms with Gasteiger partial charge in [-0.05, 0) is 75.2 Å². The van der Waals surface area contributed by atoms with Crippen molar-refractivity contribution >= 4 is 26.0 Å². The van der Waals surface area contributed by atoms with Crippen molar-refractivity contribution in [2.75, 3.05) is 25.0 Å². The van der Waals surface area contributed by atoms with Gasteiger partial charge in [-0.1, -0.05) is 26.8 Å². The van der Waals surface area contributed by atoms with Crippen LogP contribution >= 0.6 is 0 Å². The topological polar surface area (TPSA) is 80.8 Å². The number of carbonyl (C=O) groups is 2. The van der Waals surface area contributed by atoms with Crippen LogP contribution in [0.4, 0.5) is 23.7 Å². The number of nitrogens with one attached hydrogen (secondary N) is 1. The lowest BCUT2D eigenvalue weighted by molar-refractivity contribution is -0.137. The van der Waals surface area contributed by atoms with Gasteiger partial charge in [0.05, 0.1) is 17.4 Å². The van der Waals surface area contributed by atoms with Crippen molar-refractivity contribution < 1.29 is 31.9 Å². The largest absolute Gasteiger partial charge is 0.444 e. The summed E-state index contributed by atoms with van der Waals surface area (Å²) in [6, 6.07) is 6.06. The summed E-state index contributed by atoms with van der Waals surface area (Å²) in [5, 5.41) is 2.54. The summed E-state index contributed by atoms with van der Waals surface area (Å²) >= 11 is 0. The van der Waals surface area contributed by atoms with Crippen molar-refractivity contribution in [3.63, 3.8) is 0 Å². The van der Waals surface area contributed by atoms with Crippen molar-refractivity contribution in [1.29, 1.82) is 0 Å². The average Bonchev–Trinajstić information content (AvgIpc) is 3.25. The van der Waals surface area contributed by atoms with Crippen molar-refractivity contribution in [3.8, 4) is 0 Å². The molecule has 11 heteroatoms. The standard InChI is InChI=1S/C30H42F3N3O4Si/c1-19-10-11-20(26(37)35-23-13-22(14-34-15-23)30(31,32)33)12-24(19)25-17-36(27(38)40-28(2,3)4)16-21(25)18-39-41(8,9)29(5,6)7/h10-15,21,25H,16-18H2,1-9H3,(H,35,37)/t21-,25+/m0/s1. The van der Waals surface area contributed by atoms with Crippen LogP contribution in [0.3, 0.4) is 0 Å². The Morgan fingerprint density at radius 3 is 2.29 bits per heavy atom. The number of hydrogen-bond donors (Lipinski definition) is 1. The van der Waals surface area contributed by atoms with E-state index >= 15 is 0 Å². The number of amides is 2. The van der Waals surface area contributed by atoms with Crippen LogP contribution < -0.4 is 5.32 Å². The van der Waals surface area contributed by atoms with E-state index in [9.17, 15) is 22.8 Å². The number of likely N-dealkylation sites (tertiary alicyclic amines) is 1. The van der Waals surface area contributed by atoms with Crippen LogP contribution in [-0.2, 0) is 15.3 Å². The molecule has 2 heterocycles. The first-order valence-electron chi connectivity index (χ1n) is 13.7. The molecular weight excluding hydrogens is 551 g/mol. The van der Waals surface area contributed by atoms with Crippen molar-refractivity contribution in [2.45, 2.75) is 84.3 Å². The smallest absolute Gasteiger partial charge is 0.417 e. The molecule has 0 radical (unpaired) electrons. The minimum atomic E-state index is -4.57. The summed E-state index contributed by atoms with van der Waals surface area (Å²) in [6.07, 6.45) is -3.09. The van der Waals surface area contributed by atoms with E-state index in [0.717, 1.165) is 17.2 Å². The van der Waals surface area contributed by atoms with Gasteiger partial charge in [-0.2, -0.15) is 13.2 Å². The maximum atomic E-state index is 13.1. The Morgan fingerprint density at radius 1 is 1.05 bits per heavy atom. The third-order valence-electron chi connectivity index (χ3n) is 7.82. The van der Waals surface area contributed by atoms with Crippen LogP contribution in [-0.4, -0.2) is 55.5 Å². The lowest BCUT2D eigenvalue weighted by Gasteiger charge is -2.37. The Kier molecular flexibility index (Phi) is 9.34. The fraction of sp³-hybridized carbons (Fsp3) is 0.567. The zero-order valence-electron chi connectivity index (χ0n) is 25.4. The van der Waals surface area contributed by atoms with Gasteiger partial charge in [0.2, 0.25) is 0 Å². The zero-order chi connectivity index (χ0) is 31.0. The summed E-state index contributed by atoms with van der Waals surface area (Å²) in [4.78, 5) is 31.4. The maximum absolute atomic E-state index is 13.1. The number of hydrogen-bond acceptors (Lipinski definition) is 5. The SMILES string of the molecule is Cc1ccc(C(=O)Nc2cncc(C(F)(F)F)c2)cc1[C@@H]1CN(C(=O)OC(C)(C)C)C[C@H]1CO[Si](C)(C)C(C)(C)C. The second-order valence-electron chi connectivity index (χ2n) is 13.3. The second kappa shape index (κ2) is 11.8. The lowest BCUT2D eigenvalue weighted by atomic mass is 9.86. The van der Waals surface area contributed by atoms with E-state index < -0.39 is 37.7 Å². The van der Waals surface area contributed by atoms with Crippen LogP contribution in [0.2, 0.25) is 18.1 Å². The van der Waals surface area contributed by atoms with Crippen LogP contribution in [0.1, 0.15) is 74.5 Å². The van der Waals surface area contributed by atoms with Crippen LogP contribution in [0.5, 0.6) is 0 Å². The Hall–Kier alpha value is -2.92. The number of carbonyl (C=O) groups excluding carboxylic acids is 2. The minimum absolute atomic E-state index is 0.0121. The van der Waals surface area contributed by atoms with E-state index in [-0.39, 0.29) is 22.6 Å². The number of rotatable bonds is 6. The van der Waals surface area contributed by atoms with Crippen molar-refractivity contribution in [2.24, 2.45) is 5.92 Å². The fourth-order valence-corrected chi connectivity index (χ4v) is 5.51. The molecule has 0 spiro atoms. The molecule has 0 unspecified atom stereocenters. The number of pyridine rings is 1. The molecule has 0 saturated carbocycles. The molecule has 1 aromatic carbocycles. The Morgan fingerprint density at radius 2 is 1.71 bits per heavy atom. The second-order valence-corrected chi connectivity index (χ2v) is 18.1. The predicted octanol–water partition coefficient (Wildman–Crippen LogP) is 7.63. The highest BCUT2D eigenvalue weighted by Gasteiger charge is 2.42. The molecule has 0 aliphatic carbocycles. The predicted molar refractivity (Wildman–Crippen MR) is 156 cm³/mol. The molecule has 1 N–H and O–H groups in total. The molecule has 1 fully saturated rings. The van der Waals surface area contributed by atoms with Crippen molar-refractivity contribution in [1.82, 2.24) is 9.88 Å². The van der Waals surface area contributed by atoms with Gasteiger partial charge >= 0.3 is 12.3 Å². The lowest BCUT2D eigenvalue weighted by Crippen LogP contribution is -2.42. The summed E-state index contributed by atoms with van der Waals surface area (Å²) in [6.45, 7) is 19.6. The fourth-order valence-electron chi connectivity index (χ4n) is 4.45. The van der Waals surface area contributed by atoms with E-state index in [0.29, 0.717) is 31.5 Å². The summed E-state index contributed by atoms with van der Waals surface area (Å²) in [5.41, 5.74) is 0.476. The molecule has 226 valence electrons. The normalized spacial score (nSPS) is 18.4. The highest BCUT2D eigenvalue weighted by Crippen LogP contribution is 2.40. The van der Waals surface area contributed by atoms with Gasteiger partial charge < -0.3 is 19.4 Å². The van der Waals surface area contributed by atoms with Gasteiger partial charge in [0, 0.05) is 43.3 Å². The molecule has 1 aliphatic heterocycles. The molecule has 7 nitrogen and oxygen atoms in total. The van der Waals surface area contributed by atoms with Gasteiger partial charge in [-0.15, -0.1) is 0 Å². The molecule has 2 atom stereocenters. The first-order valence-corrected chi connectivity index (χ1v) is 16.6. The van der Waals surface area contributed by atoms with Gasteiger partial charge in [-0.3, -0.25) is 9.78 Å². The van der Waals surface area contributed by atoms with Crippen LogP contribution in [0, 0.1) is 12.8 Å². The monoisotopic (exact) mass is 593 g/mol.